The first kappa shape index (κ1) is 14.0. The van der Waals surface area contributed by atoms with Crippen molar-refractivity contribution in [2.24, 2.45) is 0 Å². The van der Waals surface area contributed by atoms with E-state index in [1.165, 1.54) is 12.1 Å². The van der Waals surface area contributed by atoms with Crippen molar-refractivity contribution in [1.82, 2.24) is 0 Å². The molecule has 108 valence electrons. The van der Waals surface area contributed by atoms with Gasteiger partial charge in [0, 0.05) is 17.8 Å². The highest BCUT2D eigenvalue weighted by Gasteiger charge is 2.12. The zero-order valence-corrected chi connectivity index (χ0v) is 12.0. The fourth-order valence-electron chi connectivity index (χ4n) is 2.42. The fraction of sp³-hybridized carbons (Fsp3) is 0. The van der Waals surface area contributed by atoms with Gasteiger partial charge in [-0.25, -0.2) is 4.39 Å². The standard InChI is InChI=1S/C19H15FN2/c20-16-7-1-13(2-8-16)19(14-3-9-17(21)10-4-14)15-5-11-18(22)12-6-15/h1-12,21H,22H2/p+1. The Morgan fingerprint density at radius 2 is 1.27 bits per heavy atom. The summed E-state index contributed by atoms with van der Waals surface area (Å²) in [4.78, 5) is 0. The molecule has 2 nitrogen and oxygen atoms in total. The van der Waals surface area contributed by atoms with Gasteiger partial charge in [0.2, 0.25) is 0 Å². The van der Waals surface area contributed by atoms with E-state index in [2.05, 4.69) is 0 Å². The van der Waals surface area contributed by atoms with Gasteiger partial charge in [0.15, 0.2) is 5.71 Å². The molecule has 0 heterocycles. The van der Waals surface area contributed by atoms with E-state index < -0.39 is 0 Å². The summed E-state index contributed by atoms with van der Waals surface area (Å²) >= 11 is 0. The topological polar surface area (TPSA) is 51.6 Å². The largest absolute Gasteiger partial charge is 0.399 e. The van der Waals surface area contributed by atoms with Crippen LogP contribution < -0.4 is 11.1 Å². The summed E-state index contributed by atoms with van der Waals surface area (Å²) in [6, 6.07) is 14.1. The first-order valence-corrected chi connectivity index (χ1v) is 6.98. The Hall–Kier alpha value is -2.94. The molecule has 0 aliphatic heterocycles. The van der Waals surface area contributed by atoms with E-state index in [-0.39, 0.29) is 5.82 Å². The summed E-state index contributed by atoms with van der Waals surface area (Å²) in [6.07, 6.45) is 7.64. The van der Waals surface area contributed by atoms with Gasteiger partial charge < -0.3 is 5.73 Å². The SMILES string of the molecule is Nc1ccc(C(=C2C=CC(=[NH2+])C=C2)c2ccc(F)cc2)cc1. The molecule has 0 atom stereocenters. The van der Waals surface area contributed by atoms with Crippen molar-refractivity contribution < 1.29 is 9.80 Å². The van der Waals surface area contributed by atoms with E-state index in [0.717, 1.165) is 22.3 Å². The molecule has 0 aromatic heterocycles. The second-order valence-electron chi connectivity index (χ2n) is 5.13. The number of allylic oxidation sites excluding steroid dienone is 5. The maximum atomic E-state index is 13.2. The van der Waals surface area contributed by atoms with E-state index in [4.69, 9.17) is 11.1 Å². The third-order valence-corrected chi connectivity index (χ3v) is 3.53. The number of benzene rings is 2. The average molecular weight is 291 g/mol. The normalized spacial score (nSPS) is 13.5. The number of halogens is 1. The Labute approximate surface area is 128 Å². The molecule has 0 radical (unpaired) electrons. The van der Waals surface area contributed by atoms with Crippen LogP contribution in [0.2, 0.25) is 0 Å². The lowest BCUT2D eigenvalue weighted by molar-refractivity contribution is -0.110. The van der Waals surface area contributed by atoms with Crippen molar-refractivity contribution in [2.45, 2.75) is 0 Å². The molecule has 22 heavy (non-hydrogen) atoms. The predicted molar refractivity (Wildman–Crippen MR) is 88.5 cm³/mol. The molecule has 0 fully saturated rings. The van der Waals surface area contributed by atoms with E-state index in [9.17, 15) is 4.39 Å². The number of hydrogen-bond acceptors (Lipinski definition) is 1. The first-order chi connectivity index (χ1) is 10.6. The highest BCUT2D eigenvalue weighted by atomic mass is 19.1. The van der Waals surface area contributed by atoms with Crippen LogP contribution in [0.1, 0.15) is 11.1 Å². The van der Waals surface area contributed by atoms with Gasteiger partial charge in [-0.2, -0.15) is 0 Å². The van der Waals surface area contributed by atoms with Gasteiger partial charge in [0.25, 0.3) is 0 Å². The number of rotatable bonds is 2. The molecular weight excluding hydrogens is 275 g/mol. The average Bonchev–Trinajstić information content (AvgIpc) is 2.53. The molecule has 4 N–H and O–H groups in total. The molecule has 2 aromatic carbocycles. The molecule has 1 aliphatic carbocycles. The minimum absolute atomic E-state index is 0.252. The first-order valence-electron chi connectivity index (χ1n) is 6.98. The highest BCUT2D eigenvalue weighted by molar-refractivity contribution is 6.03. The van der Waals surface area contributed by atoms with Crippen LogP contribution in [0.5, 0.6) is 0 Å². The summed E-state index contributed by atoms with van der Waals surface area (Å²) in [5.41, 5.74) is 11.2. The van der Waals surface area contributed by atoms with Crippen LogP contribution in [0.15, 0.2) is 78.4 Å². The maximum absolute atomic E-state index is 13.2. The number of nitrogens with two attached hydrogens (primary N) is 2. The van der Waals surface area contributed by atoms with E-state index in [0.29, 0.717) is 11.4 Å². The third-order valence-electron chi connectivity index (χ3n) is 3.53. The quantitative estimate of drug-likeness (QED) is 0.821. The van der Waals surface area contributed by atoms with Crippen LogP contribution in [-0.4, -0.2) is 5.71 Å². The third kappa shape index (κ3) is 2.88. The molecular formula is C19H16FN2+. The van der Waals surface area contributed by atoms with Crippen LogP contribution in [0.4, 0.5) is 10.1 Å². The Bertz CT molecular complexity index is 729. The van der Waals surface area contributed by atoms with Crippen LogP contribution >= 0.6 is 0 Å². The second kappa shape index (κ2) is 5.82. The summed E-state index contributed by atoms with van der Waals surface area (Å²) < 4.78 is 13.2. The molecule has 0 saturated carbocycles. The van der Waals surface area contributed by atoms with Crippen molar-refractivity contribution in [3.8, 4) is 0 Å². The Morgan fingerprint density at radius 3 is 1.82 bits per heavy atom. The van der Waals surface area contributed by atoms with Gasteiger partial charge in [-0.1, -0.05) is 24.3 Å². The summed E-state index contributed by atoms with van der Waals surface area (Å²) in [6.45, 7) is 0. The van der Waals surface area contributed by atoms with E-state index in [1.54, 1.807) is 12.1 Å². The van der Waals surface area contributed by atoms with Gasteiger partial charge in [0.1, 0.15) is 5.82 Å². The van der Waals surface area contributed by atoms with Crippen molar-refractivity contribution in [2.75, 3.05) is 5.73 Å². The summed E-state index contributed by atoms with van der Waals surface area (Å²) in [5.74, 6) is -0.252. The van der Waals surface area contributed by atoms with Crippen molar-refractivity contribution in [3.05, 3.63) is 95.4 Å². The van der Waals surface area contributed by atoms with E-state index >= 15 is 0 Å². The summed E-state index contributed by atoms with van der Waals surface area (Å²) in [5, 5.41) is 5.77. The van der Waals surface area contributed by atoms with Gasteiger partial charge in [0.05, 0.1) is 0 Å². The lowest BCUT2D eigenvalue weighted by atomic mass is 9.91. The number of nitrogen functional groups attached to an aromatic ring is 1. The monoisotopic (exact) mass is 291 g/mol. The van der Waals surface area contributed by atoms with Gasteiger partial charge in [-0.05, 0) is 58.7 Å². The Morgan fingerprint density at radius 1 is 0.773 bits per heavy atom. The highest BCUT2D eigenvalue weighted by Crippen LogP contribution is 2.30. The lowest BCUT2D eigenvalue weighted by Crippen LogP contribution is -2.37. The molecule has 0 amide bonds. The van der Waals surface area contributed by atoms with Crippen molar-refractivity contribution in [1.29, 1.82) is 0 Å². The molecule has 0 unspecified atom stereocenters. The number of hydrogen-bond donors (Lipinski definition) is 2. The molecule has 0 saturated heterocycles. The van der Waals surface area contributed by atoms with Gasteiger partial charge in [-0.15, -0.1) is 0 Å². The predicted octanol–water partition coefficient (Wildman–Crippen LogP) is 2.54. The van der Waals surface area contributed by atoms with Crippen LogP contribution in [0.3, 0.4) is 0 Å². The molecule has 3 heteroatoms. The van der Waals surface area contributed by atoms with Crippen LogP contribution in [0, 0.1) is 5.82 Å². The fourth-order valence-corrected chi connectivity index (χ4v) is 2.42. The molecule has 2 aromatic rings. The zero-order valence-electron chi connectivity index (χ0n) is 12.0. The molecule has 0 bridgehead atoms. The second-order valence-corrected chi connectivity index (χ2v) is 5.13. The molecule has 0 spiro atoms. The smallest absolute Gasteiger partial charge is 0.196 e. The lowest BCUT2D eigenvalue weighted by Gasteiger charge is -2.13. The van der Waals surface area contributed by atoms with Crippen LogP contribution in [-0.2, 0) is 0 Å². The van der Waals surface area contributed by atoms with E-state index in [1.807, 2.05) is 48.6 Å². The minimum atomic E-state index is -0.252. The van der Waals surface area contributed by atoms with Crippen molar-refractivity contribution >= 4 is 17.0 Å². The Balaban J connectivity index is 2.18. The number of anilines is 1. The van der Waals surface area contributed by atoms with Crippen LogP contribution in [0.25, 0.3) is 5.57 Å². The van der Waals surface area contributed by atoms with Gasteiger partial charge >= 0.3 is 0 Å². The van der Waals surface area contributed by atoms with Crippen molar-refractivity contribution in [3.63, 3.8) is 0 Å². The minimum Gasteiger partial charge on any atom is -0.399 e. The maximum Gasteiger partial charge on any atom is 0.196 e. The van der Waals surface area contributed by atoms with Gasteiger partial charge in [-0.3, -0.25) is 5.41 Å². The Kier molecular flexibility index (Phi) is 3.71. The summed E-state index contributed by atoms with van der Waals surface area (Å²) in [7, 11) is 0. The molecule has 3 rings (SSSR count). The zero-order chi connectivity index (χ0) is 15.5. The molecule has 1 aliphatic rings.